The van der Waals surface area contributed by atoms with E-state index in [0.29, 0.717) is 6.54 Å². The number of carbonyl (C=O) groups excluding carboxylic acids is 1. The summed E-state index contributed by atoms with van der Waals surface area (Å²) in [5, 5.41) is 13.8. The van der Waals surface area contributed by atoms with E-state index in [1.54, 1.807) is 17.1 Å². The third kappa shape index (κ3) is 2.85. The summed E-state index contributed by atoms with van der Waals surface area (Å²) in [5.74, 6) is -1.32. The Labute approximate surface area is 125 Å². The summed E-state index contributed by atoms with van der Waals surface area (Å²) in [4.78, 5) is 16.5. The van der Waals surface area contributed by atoms with Crippen LogP contribution in [0.25, 0.3) is 0 Å². The maximum atomic E-state index is 13.2. The molecule has 0 amide bonds. The largest absolute Gasteiger partial charge is 0.507 e. The fraction of sp³-hybridized carbons (Fsp3) is 0.0625. The molecule has 0 bridgehead atoms. The summed E-state index contributed by atoms with van der Waals surface area (Å²) in [6.07, 6.45) is 4.60. The molecule has 0 unspecified atom stereocenters. The molecule has 3 rings (SSSR count). The van der Waals surface area contributed by atoms with E-state index in [0.717, 1.165) is 23.9 Å². The smallest absolute Gasteiger partial charge is 0.200 e. The van der Waals surface area contributed by atoms with Crippen molar-refractivity contribution in [2.24, 2.45) is 0 Å². The monoisotopic (exact) mass is 297 g/mol. The number of rotatable bonds is 4. The molecule has 0 fully saturated rings. The molecule has 0 radical (unpaired) electrons. The van der Waals surface area contributed by atoms with Crippen molar-refractivity contribution in [2.75, 3.05) is 0 Å². The molecule has 0 saturated heterocycles. The maximum Gasteiger partial charge on any atom is 0.200 e. The van der Waals surface area contributed by atoms with E-state index >= 15 is 0 Å². The Morgan fingerprint density at radius 1 is 1.27 bits per heavy atom. The quantitative estimate of drug-likeness (QED) is 0.751. The maximum absolute atomic E-state index is 13.2. The number of hydrogen-bond donors (Lipinski definition) is 1. The van der Waals surface area contributed by atoms with Crippen LogP contribution in [0.4, 0.5) is 4.39 Å². The lowest BCUT2D eigenvalue weighted by Gasteiger charge is -2.02. The summed E-state index contributed by atoms with van der Waals surface area (Å²) in [5.41, 5.74) is 0.993. The van der Waals surface area contributed by atoms with Crippen LogP contribution in [-0.4, -0.2) is 25.7 Å². The Bertz CT molecular complexity index is 815. The molecule has 0 spiro atoms. The number of ketones is 1. The fourth-order valence-corrected chi connectivity index (χ4v) is 2.07. The first kappa shape index (κ1) is 13.9. The zero-order valence-corrected chi connectivity index (χ0v) is 11.5. The van der Waals surface area contributed by atoms with E-state index in [9.17, 15) is 14.3 Å². The highest BCUT2D eigenvalue weighted by atomic mass is 19.1. The predicted molar refractivity (Wildman–Crippen MR) is 77.1 cm³/mol. The van der Waals surface area contributed by atoms with Crippen LogP contribution in [0.1, 0.15) is 21.6 Å². The zero-order chi connectivity index (χ0) is 15.5. The lowest BCUT2D eigenvalue weighted by molar-refractivity contribution is 0.103. The molecule has 0 atom stereocenters. The number of hydrogen-bond acceptors (Lipinski definition) is 4. The first-order valence-electron chi connectivity index (χ1n) is 6.59. The predicted octanol–water partition coefficient (Wildman–Crippen LogP) is 2.40. The number of pyridine rings is 1. The van der Waals surface area contributed by atoms with Gasteiger partial charge in [-0.3, -0.25) is 14.5 Å². The second-order valence-corrected chi connectivity index (χ2v) is 4.74. The summed E-state index contributed by atoms with van der Waals surface area (Å²) < 4.78 is 14.8. The molecular formula is C16H12FN3O2. The molecule has 0 saturated carbocycles. The average molecular weight is 297 g/mol. The van der Waals surface area contributed by atoms with Crippen LogP contribution < -0.4 is 0 Å². The van der Waals surface area contributed by atoms with E-state index in [1.165, 1.54) is 6.20 Å². The van der Waals surface area contributed by atoms with Crippen molar-refractivity contribution in [1.29, 1.82) is 0 Å². The highest BCUT2D eigenvalue weighted by Gasteiger charge is 2.16. The molecule has 5 nitrogen and oxygen atoms in total. The van der Waals surface area contributed by atoms with Crippen molar-refractivity contribution in [2.45, 2.75) is 6.54 Å². The van der Waals surface area contributed by atoms with Gasteiger partial charge in [-0.1, -0.05) is 6.07 Å². The summed E-state index contributed by atoms with van der Waals surface area (Å²) >= 11 is 0. The van der Waals surface area contributed by atoms with Crippen LogP contribution in [0.15, 0.2) is 55.0 Å². The van der Waals surface area contributed by atoms with Gasteiger partial charge in [-0.2, -0.15) is 5.10 Å². The van der Waals surface area contributed by atoms with Gasteiger partial charge in [0.05, 0.1) is 29.6 Å². The number of aromatic nitrogens is 3. The molecule has 3 aromatic rings. The topological polar surface area (TPSA) is 68.0 Å². The van der Waals surface area contributed by atoms with Crippen LogP contribution in [0.2, 0.25) is 0 Å². The van der Waals surface area contributed by atoms with Crippen molar-refractivity contribution >= 4 is 5.78 Å². The van der Waals surface area contributed by atoms with Gasteiger partial charge in [0, 0.05) is 12.4 Å². The lowest BCUT2D eigenvalue weighted by atomic mass is 10.1. The summed E-state index contributed by atoms with van der Waals surface area (Å²) in [6, 6.07) is 8.78. The van der Waals surface area contributed by atoms with Gasteiger partial charge in [0.2, 0.25) is 0 Å². The van der Waals surface area contributed by atoms with Gasteiger partial charge in [0.15, 0.2) is 5.78 Å². The molecule has 6 heteroatoms. The minimum absolute atomic E-state index is 0.0858. The van der Waals surface area contributed by atoms with E-state index < -0.39 is 11.6 Å². The molecule has 110 valence electrons. The Morgan fingerprint density at radius 3 is 2.91 bits per heavy atom. The minimum Gasteiger partial charge on any atom is -0.507 e. The number of halogens is 1. The van der Waals surface area contributed by atoms with Crippen LogP contribution in [0.5, 0.6) is 5.75 Å². The third-order valence-corrected chi connectivity index (χ3v) is 3.15. The first-order chi connectivity index (χ1) is 10.6. The van der Waals surface area contributed by atoms with Crippen molar-refractivity contribution in [3.8, 4) is 5.75 Å². The molecule has 0 aliphatic carbocycles. The minimum atomic E-state index is -0.581. The Balaban J connectivity index is 1.84. The fourth-order valence-electron chi connectivity index (χ4n) is 2.07. The highest BCUT2D eigenvalue weighted by molar-refractivity contribution is 6.10. The number of phenols is 1. The number of benzene rings is 1. The van der Waals surface area contributed by atoms with Crippen molar-refractivity contribution in [3.05, 3.63) is 77.6 Å². The molecule has 2 aromatic heterocycles. The Kier molecular flexibility index (Phi) is 3.65. The third-order valence-electron chi connectivity index (χ3n) is 3.15. The van der Waals surface area contributed by atoms with Crippen molar-refractivity contribution in [1.82, 2.24) is 14.8 Å². The van der Waals surface area contributed by atoms with E-state index in [4.69, 9.17) is 0 Å². The number of nitrogens with zero attached hydrogens (tertiary/aromatic N) is 3. The molecule has 2 heterocycles. The second kappa shape index (κ2) is 5.77. The average Bonchev–Trinajstić information content (AvgIpc) is 2.98. The molecule has 0 aliphatic rings. The van der Waals surface area contributed by atoms with Gasteiger partial charge in [0.25, 0.3) is 0 Å². The summed E-state index contributed by atoms with van der Waals surface area (Å²) in [7, 11) is 0. The SMILES string of the molecule is O=C(c1cnn(Cc2ccccn2)c1)c1cc(F)ccc1O. The van der Waals surface area contributed by atoms with Crippen LogP contribution >= 0.6 is 0 Å². The van der Waals surface area contributed by atoms with Gasteiger partial charge in [-0.05, 0) is 30.3 Å². The van der Waals surface area contributed by atoms with Gasteiger partial charge in [-0.25, -0.2) is 4.39 Å². The van der Waals surface area contributed by atoms with E-state index in [-0.39, 0.29) is 16.9 Å². The molecule has 22 heavy (non-hydrogen) atoms. The lowest BCUT2D eigenvalue weighted by Crippen LogP contribution is -2.03. The standard InChI is InChI=1S/C16H12FN3O2/c17-12-4-5-15(21)14(7-12)16(22)11-8-19-20(9-11)10-13-3-1-2-6-18-13/h1-9,21H,10H2. The van der Waals surface area contributed by atoms with Gasteiger partial charge in [0.1, 0.15) is 11.6 Å². The van der Waals surface area contributed by atoms with E-state index in [1.807, 2.05) is 18.2 Å². The van der Waals surface area contributed by atoms with Crippen LogP contribution in [0, 0.1) is 5.82 Å². The number of carbonyl (C=O) groups is 1. The Morgan fingerprint density at radius 2 is 2.14 bits per heavy atom. The van der Waals surface area contributed by atoms with Crippen LogP contribution in [-0.2, 0) is 6.54 Å². The summed E-state index contributed by atoms with van der Waals surface area (Å²) in [6.45, 7) is 0.420. The molecule has 0 aliphatic heterocycles. The van der Waals surface area contributed by atoms with Gasteiger partial charge < -0.3 is 5.11 Å². The first-order valence-corrected chi connectivity index (χ1v) is 6.59. The highest BCUT2D eigenvalue weighted by Crippen LogP contribution is 2.21. The molecule has 1 aromatic carbocycles. The number of aromatic hydroxyl groups is 1. The molecular weight excluding hydrogens is 285 g/mol. The normalized spacial score (nSPS) is 10.6. The van der Waals surface area contributed by atoms with E-state index in [2.05, 4.69) is 10.1 Å². The van der Waals surface area contributed by atoms with Crippen molar-refractivity contribution < 1.29 is 14.3 Å². The van der Waals surface area contributed by atoms with Gasteiger partial charge >= 0.3 is 0 Å². The second-order valence-electron chi connectivity index (χ2n) is 4.74. The van der Waals surface area contributed by atoms with Crippen molar-refractivity contribution in [3.63, 3.8) is 0 Å². The number of phenolic OH excluding ortho intramolecular Hbond substituents is 1. The van der Waals surface area contributed by atoms with Gasteiger partial charge in [-0.15, -0.1) is 0 Å². The van der Waals surface area contributed by atoms with Crippen LogP contribution in [0.3, 0.4) is 0 Å². The zero-order valence-electron chi connectivity index (χ0n) is 11.5. The molecule has 1 N–H and O–H groups in total. The Hall–Kier alpha value is -3.02.